The van der Waals surface area contributed by atoms with Crippen LogP contribution in [0.3, 0.4) is 0 Å². The van der Waals surface area contributed by atoms with Gasteiger partial charge in [-0.05, 0) is 71.5 Å². The molecule has 0 aromatic heterocycles. The fourth-order valence-corrected chi connectivity index (χ4v) is 13.5. The van der Waals surface area contributed by atoms with Crippen LogP contribution in [0.4, 0.5) is 7.10 Å². The van der Waals surface area contributed by atoms with E-state index in [1.807, 2.05) is 0 Å². The minimum Gasteiger partial charge on any atom is -0.0622 e. The van der Waals surface area contributed by atoms with Gasteiger partial charge in [0.15, 0.2) is 0 Å². The molecule has 6 heteroatoms. The van der Waals surface area contributed by atoms with Gasteiger partial charge >= 0.3 is 23.0 Å². The fraction of sp³-hybridized carbons (Fsp3) is 0. The fourth-order valence-electron chi connectivity index (χ4n) is 6.54. The van der Waals surface area contributed by atoms with Crippen molar-refractivity contribution in [3.05, 3.63) is 273 Å². The van der Waals surface area contributed by atoms with Crippen LogP contribution < -0.4 is 47.7 Å². The van der Waals surface area contributed by atoms with Crippen LogP contribution in [0, 0.1) is 0 Å². The van der Waals surface area contributed by atoms with Crippen molar-refractivity contribution >= 4 is 71.5 Å². The second kappa shape index (κ2) is 25.3. The Bertz CT molecular complexity index is 1890. The Morgan fingerprint density at radius 3 is 0.350 bits per heavy atom. The molecule has 0 aliphatic heterocycles. The van der Waals surface area contributed by atoms with Gasteiger partial charge in [-0.3, -0.25) is 0 Å². The summed E-state index contributed by atoms with van der Waals surface area (Å²) in [5.74, 6) is 0. The van der Waals surface area contributed by atoms with Gasteiger partial charge in [0.25, 0.3) is 0 Å². The van der Waals surface area contributed by atoms with Crippen LogP contribution in [0.2, 0.25) is 0 Å². The summed E-state index contributed by atoms with van der Waals surface area (Å²) in [5, 5.41) is 12.6. The second-order valence-corrected chi connectivity index (χ2v) is 19.9. The van der Waals surface area contributed by atoms with Gasteiger partial charge in [0.1, 0.15) is 0 Å². The minimum atomic E-state index is -1.19. The van der Waals surface area contributed by atoms with E-state index in [0.717, 1.165) is 0 Å². The molecule has 0 unspecified atom stereocenters. The van der Waals surface area contributed by atoms with Crippen LogP contribution in [-0.4, -0.2) is 0 Å². The van der Waals surface area contributed by atoms with E-state index >= 15 is 0 Å². The van der Waals surface area contributed by atoms with E-state index in [-0.39, 0.29) is 0 Å². The summed E-state index contributed by atoms with van der Waals surface area (Å²) in [5.41, 5.74) is 0. The number of hydrogen-bond acceptors (Lipinski definition) is 0. The third-order valence-corrected chi connectivity index (χ3v) is 16.5. The summed E-state index contributed by atoms with van der Waals surface area (Å²) in [6.45, 7) is 0. The summed E-state index contributed by atoms with van der Waals surface area (Å²) >= 11 is -1.19. The quantitative estimate of drug-likeness (QED) is 0.100. The van der Waals surface area contributed by atoms with Gasteiger partial charge < -0.3 is 0 Å². The average Bonchev–Trinajstić information content (AvgIpc) is 3.33. The first-order valence-electron chi connectivity index (χ1n) is 19.4. The van der Waals surface area contributed by atoms with Crippen molar-refractivity contribution in [2.75, 3.05) is 0 Å². The Balaban J connectivity index is 0.000000146. The molecule has 0 N–H and O–H groups in total. The third kappa shape index (κ3) is 13.3. The SMILES string of the molecule is [F][Cu][F].c1ccc(P(c2ccccc2)c2ccccc2)cc1.c1ccc(P(c2ccccc2)c2ccccc2)cc1.c1ccc(P(c2ccccc2)c2ccccc2)cc1. The largest absolute Gasteiger partial charge is 0.0622 e. The Morgan fingerprint density at radius 1 is 0.183 bits per heavy atom. The Labute approximate surface area is 365 Å². The van der Waals surface area contributed by atoms with Gasteiger partial charge in [-0.25, -0.2) is 0 Å². The van der Waals surface area contributed by atoms with Crippen molar-refractivity contribution in [3.63, 3.8) is 0 Å². The van der Waals surface area contributed by atoms with Gasteiger partial charge in [-0.1, -0.05) is 273 Å². The molecular weight excluding hydrogens is 843 g/mol. The zero-order valence-corrected chi connectivity index (χ0v) is 36.5. The summed E-state index contributed by atoms with van der Waals surface area (Å²) in [4.78, 5) is 0. The van der Waals surface area contributed by atoms with Crippen LogP contribution in [0.5, 0.6) is 0 Å². The summed E-state index contributed by atoms with van der Waals surface area (Å²) in [6.07, 6.45) is 0. The van der Waals surface area contributed by atoms with E-state index in [0.29, 0.717) is 0 Å². The summed E-state index contributed by atoms with van der Waals surface area (Å²) in [7, 11) is -1.34. The first kappa shape index (κ1) is 44.2. The first-order chi connectivity index (χ1) is 29.8. The van der Waals surface area contributed by atoms with E-state index in [1.165, 1.54) is 47.7 Å². The summed E-state index contributed by atoms with van der Waals surface area (Å²) < 4.78 is 19.1. The predicted molar refractivity (Wildman–Crippen MR) is 258 cm³/mol. The standard InChI is InChI=1S/3C18H15P.Cu.2FH/c3*1-4-10-16(11-5-1)19(17-12-6-2-7-13-17)18-14-8-3-9-15-18;;;/h3*1-15H;;2*1H/q;;;+2;;/p-2. The molecule has 0 atom stereocenters. The maximum absolute atomic E-state index is 9.53. The molecule has 0 saturated carbocycles. The van der Waals surface area contributed by atoms with E-state index < -0.39 is 39.6 Å². The van der Waals surface area contributed by atoms with Gasteiger partial charge in [-0.15, -0.1) is 0 Å². The van der Waals surface area contributed by atoms with Crippen LogP contribution in [-0.2, 0) is 15.9 Å². The van der Waals surface area contributed by atoms with Crippen LogP contribution >= 0.6 is 23.8 Å². The molecule has 0 nitrogen and oxygen atoms in total. The molecule has 9 rings (SSSR count). The van der Waals surface area contributed by atoms with Crippen molar-refractivity contribution < 1.29 is 23.0 Å². The van der Waals surface area contributed by atoms with E-state index in [4.69, 9.17) is 0 Å². The molecule has 0 saturated heterocycles. The van der Waals surface area contributed by atoms with Gasteiger partial charge in [0.05, 0.1) is 0 Å². The topological polar surface area (TPSA) is 0 Å². The summed E-state index contributed by atoms with van der Waals surface area (Å²) in [6, 6.07) is 97.0. The van der Waals surface area contributed by atoms with Gasteiger partial charge in [0, 0.05) is 0 Å². The van der Waals surface area contributed by atoms with Crippen molar-refractivity contribution in [2.24, 2.45) is 0 Å². The Morgan fingerprint density at radius 2 is 0.267 bits per heavy atom. The predicted octanol–water partition coefficient (Wildman–Crippen LogP) is 11.2. The molecule has 0 radical (unpaired) electrons. The second-order valence-electron chi connectivity index (χ2n) is 13.1. The molecule has 0 aliphatic carbocycles. The molecule has 0 bridgehead atoms. The molecule has 0 heterocycles. The van der Waals surface area contributed by atoms with Crippen LogP contribution in [0.1, 0.15) is 0 Å². The van der Waals surface area contributed by atoms with Crippen molar-refractivity contribution in [1.29, 1.82) is 0 Å². The minimum absolute atomic E-state index is 0.446. The van der Waals surface area contributed by atoms with E-state index in [9.17, 15) is 7.10 Å². The van der Waals surface area contributed by atoms with Crippen molar-refractivity contribution in [1.82, 2.24) is 0 Å². The average molecular weight is 888 g/mol. The molecule has 9 aromatic rings. The van der Waals surface area contributed by atoms with Crippen LogP contribution in [0.15, 0.2) is 273 Å². The molecule has 60 heavy (non-hydrogen) atoms. The molecule has 0 fully saturated rings. The van der Waals surface area contributed by atoms with Gasteiger partial charge in [0.2, 0.25) is 0 Å². The van der Waals surface area contributed by atoms with Crippen molar-refractivity contribution in [2.45, 2.75) is 0 Å². The zero-order valence-electron chi connectivity index (χ0n) is 32.9. The van der Waals surface area contributed by atoms with Crippen LogP contribution in [0.25, 0.3) is 0 Å². The molecule has 9 aromatic carbocycles. The third-order valence-electron chi connectivity index (χ3n) is 9.13. The molecule has 0 aliphatic rings. The number of benzene rings is 9. The smallest absolute Gasteiger partial charge is 0.0134 e. The number of rotatable bonds is 9. The maximum Gasteiger partial charge on any atom is -0.0134 e. The molecular formula is C54H45CuF2P3. The molecule has 0 amide bonds. The van der Waals surface area contributed by atoms with Crippen molar-refractivity contribution in [3.8, 4) is 0 Å². The number of hydrogen-bond donors (Lipinski definition) is 0. The number of halogens is 2. The Kier molecular flexibility index (Phi) is 18.7. The van der Waals surface area contributed by atoms with E-state index in [1.54, 1.807) is 0 Å². The van der Waals surface area contributed by atoms with E-state index in [2.05, 4.69) is 273 Å². The monoisotopic (exact) mass is 887 g/mol. The zero-order chi connectivity index (χ0) is 41.5. The first-order valence-corrected chi connectivity index (χ1v) is 24.2. The molecule has 0 spiro atoms. The Hall–Kier alpha value is -5.35. The maximum atomic E-state index is 9.53. The van der Waals surface area contributed by atoms with Gasteiger partial charge in [-0.2, -0.15) is 0 Å². The molecule has 301 valence electrons. The normalized spacial score (nSPS) is 10.4.